The second-order valence-corrected chi connectivity index (χ2v) is 4.90. The van der Waals surface area contributed by atoms with E-state index in [1.807, 2.05) is 6.92 Å². The van der Waals surface area contributed by atoms with Crippen LogP contribution in [0.1, 0.15) is 33.5 Å². The van der Waals surface area contributed by atoms with Crippen LogP contribution in [0, 0.1) is 6.92 Å². The van der Waals surface area contributed by atoms with Crippen molar-refractivity contribution in [3.8, 4) is 0 Å². The van der Waals surface area contributed by atoms with Crippen molar-refractivity contribution in [1.82, 2.24) is 10.5 Å². The number of carbonyl (C=O) groups excluding carboxylic acids is 3. The molecular formula is C16H17N3O5. The SMILES string of the molecule is CCNC(=O)c1cccc(NC(=O)COC(=O)c2cc(C)no2)c1. The molecule has 0 saturated heterocycles. The van der Waals surface area contributed by atoms with E-state index in [2.05, 4.69) is 15.8 Å². The van der Waals surface area contributed by atoms with E-state index in [4.69, 9.17) is 9.26 Å². The molecule has 24 heavy (non-hydrogen) atoms. The Bertz CT molecular complexity index is 754. The molecular weight excluding hydrogens is 314 g/mol. The molecule has 0 radical (unpaired) electrons. The topological polar surface area (TPSA) is 111 Å². The lowest BCUT2D eigenvalue weighted by atomic mass is 10.2. The van der Waals surface area contributed by atoms with Gasteiger partial charge in [0, 0.05) is 23.9 Å². The van der Waals surface area contributed by atoms with E-state index in [1.165, 1.54) is 12.1 Å². The molecule has 8 nitrogen and oxygen atoms in total. The van der Waals surface area contributed by atoms with Crippen molar-refractivity contribution in [3.05, 3.63) is 47.3 Å². The summed E-state index contributed by atoms with van der Waals surface area (Å²) in [5, 5.41) is 8.77. The van der Waals surface area contributed by atoms with E-state index < -0.39 is 18.5 Å². The van der Waals surface area contributed by atoms with Crippen molar-refractivity contribution >= 4 is 23.5 Å². The molecule has 0 saturated carbocycles. The highest BCUT2D eigenvalue weighted by atomic mass is 16.6. The van der Waals surface area contributed by atoms with E-state index in [0.29, 0.717) is 23.5 Å². The number of aromatic nitrogens is 1. The number of carbonyl (C=O) groups is 3. The number of amides is 2. The zero-order valence-electron chi connectivity index (χ0n) is 13.3. The highest BCUT2D eigenvalue weighted by Gasteiger charge is 2.15. The molecule has 0 aliphatic carbocycles. The minimum Gasteiger partial charge on any atom is -0.450 e. The van der Waals surface area contributed by atoms with Crippen molar-refractivity contribution in [3.63, 3.8) is 0 Å². The summed E-state index contributed by atoms with van der Waals surface area (Å²) in [6, 6.07) is 7.85. The summed E-state index contributed by atoms with van der Waals surface area (Å²) in [7, 11) is 0. The summed E-state index contributed by atoms with van der Waals surface area (Å²) in [4.78, 5) is 35.2. The zero-order valence-corrected chi connectivity index (χ0v) is 13.3. The van der Waals surface area contributed by atoms with Crippen LogP contribution in [-0.4, -0.2) is 36.1 Å². The molecule has 2 rings (SSSR count). The van der Waals surface area contributed by atoms with Crippen molar-refractivity contribution < 1.29 is 23.6 Å². The van der Waals surface area contributed by atoms with Crippen molar-refractivity contribution in [2.75, 3.05) is 18.5 Å². The van der Waals surface area contributed by atoms with Crippen LogP contribution in [0.5, 0.6) is 0 Å². The number of nitrogens with zero attached hydrogens (tertiary/aromatic N) is 1. The van der Waals surface area contributed by atoms with Gasteiger partial charge in [0.1, 0.15) is 0 Å². The number of anilines is 1. The second-order valence-electron chi connectivity index (χ2n) is 4.90. The summed E-state index contributed by atoms with van der Waals surface area (Å²) >= 11 is 0. The van der Waals surface area contributed by atoms with E-state index >= 15 is 0 Å². The molecule has 0 aliphatic rings. The van der Waals surface area contributed by atoms with Crippen LogP contribution in [0.25, 0.3) is 0 Å². The van der Waals surface area contributed by atoms with E-state index in [9.17, 15) is 14.4 Å². The van der Waals surface area contributed by atoms with Gasteiger partial charge in [0.15, 0.2) is 6.61 Å². The molecule has 1 aromatic heterocycles. The predicted octanol–water partition coefficient (Wildman–Crippen LogP) is 1.53. The Morgan fingerprint density at radius 1 is 1.25 bits per heavy atom. The van der Waals surface area contributed by atoms with E-state index in [1.54, 1.807) is 25.1 Å². The maximum Gasteiger partial charge on any atom is 0.377 e. The first-order valence-electron chi connectivity index (χ1n) is 7.28. The van der Waals surface area contributed by atoms with Crippen LogP contribution in [-0.2, 0) is 9.53 Å². The maximum atomic E-state index is 11.8. The highest BCUT2D eigenvalue weighted by Crippen LogP contribution is 2.11. The van der Waals surface area contributed by atoms with Crippen LogP contribution < -0.4 is 10.6 Å². The molecule has 0 aliphatic heterocycles. The van der Waals surface area contributed by atoms with Crippen molar-refractivity contribution in [2.24, 2.45) is 0 Å². The molecule has 0 bridgehead atoms. The summed E-state index contributed by atoms with van der Waals surface area (Å²) in [6.07, 6.45) is 0. The number of hydrogen-bond acceptors (Lipinski definition) is 6. The molecule has 0 fully saturated rings. The molecule has 0 atom stereocenters. The minimum absolute atomic E-state index is 0.0708. The van der Waals surface area contributed by atoms with Crippen LogP contribution in [0.15, 0.2) is 34.9 Å². The average molecular weight is 331 g/mol. The number of benzene rings is 1. The summed E-state index contributed by atoms with van der Waals surface area (Å²) in [5.74, 6) is -1.62. The lowest BCUT2D eigenvalue weighted by Gasteiger charge is -2.07. The normalized spacial score (nSPS) is 10.1. The van der Waals surface area contributed by atoms with Gasteiger partial charge in [0.05, 0.1) is 5.69 Å². The highest BCUT2D eigenvalue weighted by molar-refractivity contribution is 5.98. The minimum atomic E-state index is -0.776. The van der Waals surface area contributed by atoms with Crippen molar-refractivity contribution in [1.29, 1.82) is 0 Å². The number of ether oxygens (including phenoxy) is 1. The Morgan fingerprint density at radius 3 is 2.71 bits per heavy atom. The zero-order chi connectivity index (χ0) is 17.5. The van der Waals surface area contributed by atoms with Gasteiger partial charge in [-0.05, 0) is 32.0 Å². The first kappa shape index (κ1) is 17.2. The van der Waals surface area contributed by atoms with Gasteiger partial charge in [0.2, 0.25) is 5.76 Å². The van der Waals surface area contributed by atoms with Crippen molar-refractivity contribution in [2.45, 2.75) is 13.8 Å². The monoisotopic (exact) mass is 331 g/mol. The molecule has 0 unspecified atom stereocenters. The summed E-state index contributed by atoms with van der Waals surface area (Å²) in [6.45, 7) is 3.50. The third-order valence-electron chi connectivity index (χ3n) is 2.91. The Hall–Kier alpha value is -3.16. The van der Waals surface area contributed by atoms with E-state index in [0.717, 1.165) is 0 Å². The smallest absolute Gasteiger partial charge is 0.377 e. The molecule has 1 heterocycles. The standard InChI is InChI=1S/C16H17N3O5/c1-3-17-15(21)11-5-4-6-12(8-11)18-14(20)9-23-16(22)13-7-10(2)19-24-13/h4-8H,3,9H2,1-2H3,(H,17,21)(H,18,20). The van der Waals surface area contributed by atoms with Gasteiger partial charge >= 0.3 is 5.97 Å². The van der Waals surface area contributed by atoms with Gasteiger partial charge in [-0.25, -0.2) is 4.79 Å². The Morgan fingerprint density at radius 2 is 2.04 bits per heavy atom. The first-order chi connectivity index (χ1) is 11.5. The second kappa shape index (κ2) is 7.91. The summed E-state index contributed by atoms with van der Waals surface area (Å²) in [5.41, 5.74) is 1.38. The largest absolute Gasteiger partial charge is 0.450 e. The Labute approximate surface area is 138 Å². The van der Waals surface area contributed by atoms with Crippen LogP contribution in [0.4, 0.5) is 5.69 Å². The quantitative estimate of drug-likeness (QED) is 0.777. The number of hydrogen-bond donors (Lipinski definition) is 2. The average Bonchev–Trinajstić information content (AvgIpc) is 3.00. The van der Waals surface area contributed by atoms with Crippen LogP contribution >= 0.6 is 0 Å². The van der Waals surface area contributed by atoms with E-state index in [-0.39, 0.29) is 11.7 Å². The number of aryl methyl sites for hydroxylation is 1. The van der Waals surface area contributed by atoms with Gasteiger partial charge in [-0.1, -0.05) is 11.2 Å². The third kappa shape index (κ3) is 4.67. The predicted molar refractivity (Wildman–Crippen MR) is 84.6 cm³/mol. The van der Waals surface area contributed by atoms with Gasteiger partial charge in [0.25, 0.3) is 11.8 Å². The maximum absolute atomic E-state index is 11.8. The number of esters is 1. The molecule has 2 N–H and O–H groups in total. The fraction of sp³-hybridized carbons (Fsp3) is 0.250. The van der Waals surface area contributed by atoms with Crippen LogP contribution in [0.2, 0.25) is 0 Å². The first-order valence-corrected chi connectivity index (χ1v) is 7.28. The summed E-state index contributed by atoms with van der Waals surface area (Å²) < 4.78 is 9.57. The van der Waals surface area contributed by atoms with Gasteiger partial charge in [-0.3, -0.25) is 9.59 Å². The van der Waals surface area contributed by atoms with Crippen LogP contribution in [0.3, 0.4) is 0 Å². The molecule has 1 aromatic carbocycles. The molecule has 8 heteroatoms. The van der Waals surface area contributed by atoms with Gasteiger partial charge in [-0.2, -0.15) is 0 Å². The fourth-order valence-electron chi connectivity index (χ4n) is 1.86. The number of rotatable bonds is 6. The van der Waals surface area contributed by atoms with Gasteiger partial charge < -0.3 is 19.9 Å². The Kier molecular flexibility index (Phi) is 5.67. The Balaban J connectivity index is 1.89. The molecule has 2 aromatic rings. The molecule has 2 amide bonds. The lowest BCUT2D eigenvalue weighted by Crippen LogP contribution is -2.23. The fourth-order valence-corrected chi connectivity index (χ4v) is 1.86. The third-order valence-corrected chi connectivity index (χ3v) is 2.91. The van der Waals surface area contributed by atoms with Gasteiger partial charge in [-0.15, -0.1) is 0 Å². The molecule has 0 spiro atoms. The molecule has 126 valence electrons. The lowest BCUT2D eigenvalue weighted by molar-refractivity contribution is -0.119. The number of nitrogens with one attached hydrogen (secondary N) is 2.